The standard InChI is InChI=1S/C22H24F2N8/c1-3-6-18-26-21(22(23,24)12-4-2)29-32(18)14-15-8-10-16(11-9-15)17-7-5-13-25-19(17)20-27-30-31-28-20/h5,7-11,13H,3-4,6,12,14H2,1-2H3,(H,27,28,30,31). The van der Waals surface area contributed by atoms with E-state index in [-0.39, 0.29) is 12.2 Å². The fraction of sp³-hybridized carbons (Fsp3) is 0.364. The lowest BCUT2D eigenvalue weighted by Crippen LogP contribution is -2.15. The third-order valence-electron chi connectivity index (χ3n) is 5.08. The summed E-state index contributed by atoms with van der Waals surface area (Å²) >= 11 is 0. The van der Waals surface area contributed by atoms with Gasteiger partial charge in [-0.15, -0.1) is 15.3 Å². The molecule has 4 aromatic rings. The number of alkyl halides is 2. The van der Waals surface area contributed by atoms with Crippen molar-refractivity contribution in [3.05, 3.63) is 59.8 Å². The maximum Gasteiger partial charge on any atom is 0.308 e. The number of halogens is 2. The van der Waals surface area contributed by atoms with Crippen molar-refractivity contribution >= 4 is 0 Å². The molecule has 0 bridgehead atoms. The van der Waals surface area contributed by atoms with Gasteiger partial charge in [0.15, 0.2) is 0 Å². The van der Waals surface area contributed by atoms with Gasteiger partial charge in [-0.3, -0.25) is 4.98 Å². The van der Waals surface area contributed by atoms with E-state index in [9.17, 15) is 8.78 Å². The summed E-state index contributed by atoms with van der Waals surface area (Å²) in [4.78, 5) is 8.54. The molecule has 4 rings (SSSR count). The summed E-state index contributed by atoms with van der Waals surface area (Å²) in [6, 6.07) is 11.6. The second-order valence-corrected chi connectivity index (χ2v) is 7.55. The zero-order valence-corrected chi connectivity index (χ0v) is 18.0. The number of pyridine rings is 1. The number of aromatic nitrogens is 8. The number of benzene rings is 1. The first-order valence-corrected chi connectivity index (χ1v) is 10.6. The van der Waals surface area contributed by atoms with E-state index in [0.717, 1.165) is 23.1 Å². The van der Waals surface area contributed by atoms with Crippen LogP contribution in [0.25, 0.3) is 22.6 Å². The average Bonchev–Trinajstić information content (AvgIpc) is 3.46. The van der Waals surface area contributed by atoms with Crippen molar-refractivity contribution in [2.45, 2.75) is 52.0 Å². The molecule has 0 radical (unpaired) electrons. The van der Waals surface area contributed by atoms with Gasteiger partial charge in [0.1, 0.15) is 11.5 Å². The lowest BCUT2D eigenvalue weighted by Gasteiger charge is -2.10. The van der Waals surface area contributed by atoms with Gasteiger partial charge in [0.2, 0.25) is 11.6 Å². The summed E-state index contributed by atoms with van der Waals surface area (Å²) in [5.41, 5.74) is 3.36. The Morgan fingerprint density at radius 2 is 1.88 bits per heavy atom. The molecule has 166 valence electrons. The first-order valence-electron chi connectivity index (χ1n) is 10.6. The van der Waals surface area contributed by atoms with Crippen LogP contribution in [0.2, 0.25) is 0 Å². The molecule has 10 heteroatoms. The quantitative estimate of drug-likeness (QED) is 0.416. The number of aryl methyl sites for hydroxylation is 1. The average molecular weight is 438 g/mol. The topological polar surface area (TPSA) is 98.1 Å². The molecule has 0 saturated heterocycles. The van der Waals surface area contributed by atoms with Crippen molar-refractivity contribution in [3.63, 3.8) is 0 Å². The third-order valence-corrected chi connectivity index (χ3v) is 5.08. The minimum absolute atomic E-state index is 0.259. The number of hydrogen-bond donors (Lipinski definition) is 1. The van der Waals surface area contributed by atoms with E-state index < -0.39 is 5.92 Å². The fourth-order valence-corrected chi connectivity index (χ4v) is 3.53. The number of tetrazole rings is 1. The molecule has 0 saturated carbocycles. The Morgan fingerprint density at radius 1 is 1.06 bits per heavy atom. The second-order valence-electron chi connectivity index (χ2n) is 7.55. The molecule has 1 N–H and O–H groups in total. The summed E-state index contributed by atoms with van der Waals surface area (Å²) in [7, 11) is 0. The van der Waals surface area contributed by atoms with Gasteiger partial charge >= 0.3 is 5.92 Å². The molecule has 0 unspecified atom stereocenters. The van der Waals surface area contributed by atoms with E-state index in [1.54, 1.807) is 17.8 Å². The smallest absolute Gasteiger partial charge is 0.252 e. The molecule has 3 aromatic heterocycles. The highest BCUT2D eigenvalue weighted by atomic mass is 19.3. The Bertz CT molecular complexity index is 1150. The maximum absolute atomic E-state index is 14.4. The molecule has 0 spiro atoms. The zero-order valence-electron chi connectivity index (χ0n) is 18.0. The fourth-order valence-electron chi connectivity index (χ4n) is 3.53. The van der Waals surface area contributed by atoms with Gasteiger partial charge in [0, 0.05) is 24.6 Å². The number of nitrogens with one attached hydrogen (secondary N) is 1. The van der Waals surface area contributed by atoms with Crippen molar-refractivity contribution in [3.8, 4) is 22.6 Å². The predicted molar refractivity (Wildman–Crippen MR) is 115 cm³/mol. The number of H-pyrrole nitrogens is 1. The van der Waals surface area contributed by atoms with E-state index in [4.69, 9.17) is 0 Å². The van der Waals surface area contributed by atoms with Crippen LogP contribution in [0, 0.1) is 0 Å². The van der Waals surface area contributed by atoms with Crippen LogP contribution in [0.3, 0.4) is 0 Å². The highest BCUT2D eigenvalue weighted by molar-refractivity contribution is 5.77. The van der Waals surface area contributed by atoms with Crippen molar-refractivity contribution in [1.29, 1.82) is 0 Å². The molecule has 0 atom stereocenters. The van der Waals surface area contributed by atoms with Crippen LogP contribution in [0.1, 0.15) is 50.3 Å². The Balaban J connectivity index is 1.60. The molecule has 3 heterocycles. The van der Waals surface area contributed by atoms with Crippen LogP contribution in [0.15, 0.2) is 42.6 Å². The Hall–Kier alpha value is -3.56. The largest absolute Gasteiger partial charge is 0.308 e. The summed E-state index contributed by atoms with van der Waals surface area (Å²) in [5.74, 6) is -2.41. The van der Waals surface area contributed by atoms with Gasteiger partial charge in [-0.2, -0.15) is 14.0 Å². The second kappa shape index (κ2) is 9.29. The highest BCUT2D eigenvalue weighted by Crippen LogP contribution is 2.31. The minimum atomic E-state index is -3.02. The molecule has 0 amide bonds. The first-order chi connectivity index (χ1) is 15.5. The lowest BCUT2D eigenvalue weighted by molar-refractivity contribution is -0.0232. The minimum Gasteiger partial charge on any atom is -0.252 e. The summed E-state index contributed by atoms with van der Waals surface area (Å²) in [6.07, 6.45) is 3.18. The van der Waals surface area contributed by atoms with Gasteiger partial charge < -0.3 is 0 Å². The van der Waals surface area contributed by atoms with Gasteiger partial charge in [0.05, 0.1) is 6.54 Å². The van der Waals surface area contributed by atoms with Crippen LogP contribution in [-0.4, -0.2) is 40.4 Å². The molecule has 1 aromatic carbocycles. The van der Waals surface area contributed by atoms with Gasteiger partial charge in [-0.05, 0) is 35.2 Å². The lowest BCUT2D eigenvalue weighted by atomic mass is 10.0. The normalized spacial score (nSPS) is 11.8. The molecule has 32 heavy (non-hydrogen) atoms. The number of nitrogens with zero attached hydrogens (tertiary/aromatic N) is 7. The van der Waals surface area contributed by atoms with Crippen LogP contribution in [0.5, 0.6) is 0 Å². The number of hydrogen-bond acceptors (Lipinski definition) is 6. The van der Waals surface area contributed by atoms with Gasteiger partial charge in [-0.25, -0.2) is 9.67 Å². The molecule has 0 aliphatic heterocycles. The predicted octanol–water partition coefficient (Wildman–Crippen LogP) is 4.41. The Kier molecular flexibility index (Phi) is 6.29. The number of aromatic amines is 1. The van der Waals surface area contributed by atoms with Crippen molar-refractivity contribution in [2.75, 3.05) is 0 Å². The van der Waals surface area contributed by atoms with Gasteiger partial charge in [-0.1, -0.05) is 44.2 Å². The molecular formula is C22H24F2N8. The summed E-state index contributed by atoms with van der Waals surface area (Å²) in [6.45, 7) is 4.09. The van der Waals surface area contributed by atoms with Crippen molar-refractivity contribution in [2.24, 2.45) is 0 Å². The van der Waals surface area contributed by atoms with Gasteiger partial charge in [0.25, 0.3) is 0 Å². The molecular weight excluding hydrogens is 414 g/mol. The molecule has 0 aliphatic carbocycles. The Morgan fingerprint density at radius 3 is 2.56 bits per heavy atom. The van der Waals surface area contributed by atoms with E-state index in [2.05, 4.69) is 35.7 Å². The van der Waals surface area contributed by atoms with E-state index in [1.165, 1.54) is 0 Å². The van der Waals surface area contributed by atoms with Crippen molar-refractivity contribution < 1.29 is 8.78 Å². The van der Waals surface area contributed by atoms with Crippen LogP contribution < -0.4 is 0 Å². The SMILES string of the molecule is CCCc1nc(C(F)(F)CCC)nn1Cc1ccc(-c2cccnc2-c2nn[nH]n2)cc1. The van der Waals surface area contributed by atoms with Crippen LogP contribution in [-0.2, 0) is 18.9 Å². The number of rotatable bonds is 9. The maximum atomic E-state index is 14.4. The van der Waals surface area contributed by atoms with E-state index in [0.29, 0.717) is 36.7 Å². The third kappa shape index (κ3) is 4.53. The van der Waals surface area contributed by atoms with Crippen LogP contribution in [0.4, 0.5) is 8.78 Å². The zero-order chi connectivity index (χ0) is 22.6. The summed E-state index contributed by atoms with van der Waals surface area (Å²) < 4.78 is 30.3. The van der Waals surface area contributed by atoms with Crippen LogP contribution >= 0.6 is 0 Å². The highest BCUT2D eigenvalue weighted by Gasteiger charge is 2.36. The van der Waals surface area contributed by atoms with E-state index in [1.807, 2.05) is 43.3 Å². The Labute approximate surface area is 184 Å². The first kappa shape index (κ1) is 21.7. The summed E-state index contributed by atoms with van der Waals surface area (Å²) in [5, 5.41) is 18.2. The molecule has 0 fully saturated rings. The monoisotopic (exact) mass is 438 g/mol. The molecule has 0 aliphatic rings. The molecule has 8 nitrogen and oxygen atoms in total. The van der Waals surface area contributed by atoms with E-state index >= 15 is 0 Å². The van der Waals surface area contributed by atoms with Crippen molar-refractivity contribution in [1.82, 2.24) is 40.4 Å².